The molecule has 1 rings (SSSR count). The van der Waals surface area contributed by atoms with Crippen LogP contribution in [0, 0.1) is 0 Å². The van der Waals surface area contributed by atoms with Crippen molar-refractivity contribution < 1.29 is 0 Å². The standard InChI is InChI=1S/C4H9N3S/c1-8(2)3-4(8)6-7-5/h4H,3H2,1-2H3. The first kappa shape index (κ1) is 5.79. The predicted molar refractivity (Wildman–Crippen MR) is 37.2 cm³/mol. The number of hydrogen-bond acceptors (Lipinski definition) is 1. The second kappa shape index (κ2) is 1.57. The maximum atomic E-state index is 7.98. The molecule has 0 bridgehead atoms. The highest BCUT2D eigenvalue weighted by atomic mass is 32.3. The molecule has 1 heterocycles. The Bertz CT molecular complexity index is 147. The van der Waals surface area contributed by atoms with Crippen molar-refractivity contribution >= 4 is 10.0 Å². The largest absolute Gasteiger partial charge is 0.237 e. The van der Waals surface area contributed by atoms with Crippen LogP contribution in [-0.4, -0.2) is 23.6 Å². The normalized spacial score (nSPS) is 35.0. The van der Waals surface area contributed by atoms with Crippen molar-refractivity contribution in [1.29, 1.82) is 0 Å². The van der Waals surface area contributed by atoms with E-state index in [4.69, 9.17) is 5.53 Å². The van der Waals surface area contributed by atoms with E-state index in [9.17, 15) is 0 Å². The fraction of sp³-hybridized carbons (Fsp3) is 1.00. The minimum Gasteiger partial charge on any atom is -0.237 e. The lowest BCUT2D eigenvalue weighted by Gasteiger charge is -2.01. The van der Waals surface area contributed by atoms with Crippen molar-refractivity contribution in [1.82, 2.24) is 0 Å². The number of rotatable bonds is 1. The molecule has 1 atom stereocenters. The van der Waals surface area contributed by atoms with Crippen LogP contribution in [0.3, 0.4) is 0 Å². The molecule has 0 radical (unpaired) electrons. The third-order valence-electron chi connectivity index (χ3n) is 1.37. The van der Waals surface area contributed by atoms with E-state index in [1.54, 1.807) is 0 Å². The molecular formula is C4H9N3S. The monoisotopic (exact) mass is 131 g/mol. The fourth-order valence-electron chi connectivity index (χ4n) is 0.547. The van der Waals surface area contributed by atoms with Gasteiger partial charge >= 0.3 is 0 Å². The van der Waals surface area contributed by atoms with Gasteiger partial charge in [-0.2, -0.15) is 0 Å². The van der Waals surface area contributed by atoms with E-state index in [1.807, 2.05) is 0 Å². The van der Waals surface area contributed by atoms with Crippen LogP contribution in [0.15, 0.2) is 5.11 Å². The maximum absolute atomic E-state index is 7.98. The maximum Gasteiger partial charge on any atom is 0.0750 e. The van der Waals surface area contributed by atoms with Crippen LogP contribution in [0.2, 0.25) is 0 Å². The van der Waals surface area contributed by atoms with E-state index in [1.165, 1.54) is 0 Å². The Morgan fingerprint density at radius 3 is 2.38 bits per heavy atom. The molecule has 0 aromatic heterocycles. The van der Waals surface area contributed by atoms with E-state index < -0.39 is 10.0 Å². The average Bonchev–Trinajstić information content (AvgIpc) is 2.15. The zero-order valence-corrected chi connectivity index (χ0v) is 5.85. The lowest BCUT2D eigenvalue weighted by Crippen LogP contribution is -1.74. The highest BCUT2D eigenvalue weighted by Gasteiger charge is 2.39. The van der Waals surface area contributed by atoms with Gasteiger partial charge in [-0.3, -0.25) is 0 Å². The lowest BCUT2D eigenvalue weighted by molar-refractivity contribution is 1.13. The third-order valence-corrected chi connectivity index (χ3v) is 3.85. The van der Waals surface area contributed by atoms with Crippen molar-refractivity contribution in [3.63, 3.8) is 0 Å². The second-order valence-corrected chi connectivity index (χ2v) is 6.57. The molecule has 0 aromatic carbocycles. The van der Waals surface area contributed by atoms with Gasteiger partial charge < -0.3 is 0 Å². The van der Waals surface area contributed by atoms with Crippen LogP contribution in [0.1, 0.15) is 0 Å². The van der Waals surface area contributed by atoms with Gasteiger partial charge in [-0.25, -0.2) is 10.0 Å². The van der Waals surface area contributed by atoms with Gasteiger partial charge in [0.25, 0.3) is 0 Å². The number of azide groups is 1. The van der Waals surface area contributed by atoms with Gasteiger partial charge in [0.2, 0.25) is 0 Å². The highest BCUT2D eigenvalue weighted by Crippen LogP contribution is 2.62. The van der Waals surface area contributed by atoms with Crippen LogP contribution >= 0.6 is 10.0 Å². The van der Waals surface area contributed by atoms with Gasteiger partial charge in [-0.15, -0.1) is 0 Å². The smallest absolute Gasteiger partial charge is 0.0750 e. The molecule has 4 heteroatoms. The molecule has 8 heavy (non-hydrogen) atoms. The first-order valence-electron chi connectivity index (χ1n) is 2.41. The topological polar surface area (TPSA) is 48.8 Å². The lowest BCUT2D eigenvalue weighted by atomic mass is 10.8. The first-order valence-corrected chi connectivity index (χ1v) is 5.09. The van der Waals surface area contributed by atoms with Crippen LogP contribution in [0.5, 0.6) is 0 Å². The van der Waals surface area contributed by atoms with Crippen LogP contribution < -0.4 is 0 Å². The van der Waals surface area contributed by atoms with Crippen molar-refractivity contribution in [3.8, 4) is 0 Å². The SMILES string of the molecule is CS1(C)CC1N=[N+]=[N-]. The molecule has 1 fully saturated rings. The molecule has 3 nitrogen and oxygen atoms in total. The minimum atomic E-state index is -0.440. The Kier molecular flexibility index (Phi) is 1.14. The summed E-state index contributed by atoms with van der Waals surface area (Å²) in [4.78, 5) is 2.74. The minimum absolute atomic E-state index is 0.354. The van der Waals surface area contributed by atoms with Crippen LogP contribution in [0.4, 0.5) is 0 Å². The molecule has 0 aromatic rings. The summed E-state index contributed by atoms with van der Waals surface area (Å²) in [6, 6.07) is 0. The highest BCUT2D eigenvalue weighted by molar-refractivity contribution is 8.39. The zero-order valence-electron chi connectivity index (χ0n) is 5.03. The fourth-order valence-corrected chi connectivity index (χ4v) is 2.38. The van der Waals surface area contributed by atoms with E-state index in [-0.39, 0.29) is 0 Å². The molecule has 0 aliphatic carbocycles. The summed E-state index contributed by atoms with van der Waals surface area (Å²) in [5, 5.41) is 3.96. The first-order chi connectivity index (χ1) is 3.67. The van der Waals surface area contributed by atoms with Crippen LogP contribution in [0.25, 0.3) is 10.4 Å². The summed E-state index contributed by atoms with van der Waals surface area (Å²) in [5.41, 5.74) is 7.98. The van der Waals surface area contributed by atoms with Gasteiger partial charge in [0.05, 0.1) is 5.37 Å². The molecule has 1 unspecified atom stereocenters. The molecule has 0 amide bonds. The Morgan fingerprint density at radius 2 is 2.25 bits per heavy atom. The van der Waals surface area contributed by atoms with Gasteiger partial charge in [0.15, 0.2) is 0 Å². The molecule has 46 valence electrons. The summed E-state index contributed by atoms with van der Waals surface area (Å²) in [6.07, 6.45) is 4.37. The molecule has 0 N–H and O–H groups in total. The van der Waals surface area contributed by atoms with E-state index >= 15 is 0 Å². The quantitative estimate of drug-likeness (QED) is 0.225. The summed E-state index contributed by atoms with van der Waals surface area (Å²) in [5.74, 6) is 1.14. The van der Waals surface area contributed by atoms with Crippen LogP contribution in [-0.2, 0) is 0 Å². The van der Waals surface area contributed by atoms with E-state index in [2.05, 4.69) is 22.5 Å². The third kappa shape index (κ3) is 0.904. The van der Waals surface area contributed by atoms with Gasteiger partial charge in [0.1, 0.15) is 0 Å². The Morgan fingerprint density at radius 1 is 1.75 bits per heavy atom. The Hall–Kier alpha value is -0.340. The molecule has 0 saturated carbocycles. The molecular weight excluding hydrogens is 122 g/mol. The van der Waals surface area contributed by atoms with Crippen molar-refractivity contribution in [2.75, 3.05) is 18.3 Å². The number of nitrogens with zero attached hydrogens (tertiary/aromatic N) is 3. The van der Waals surface area contributed by atoms with Gasteiger partial charge in [0, 0.05) is 4.91 Å². The summed E-state index contributed by atoms with van der Waals surface area (Å²) in [6.45, 7) is 0. The summed E-state index contributed by atoms with van der Waals surface area (Å²) < 4.78 is 0. The number of hydrogen-bond donors (Lipinski definition) is 0. The average molecular weight is 131 g/mol. The van der Waals surface area contributed by atoms with Crippen molar-refractivity contribution in [3.05, 3.63) is 10.4 Å². The summed E-state index contributed by atoms with van der Waals surface area (Å²) >= 11 is 0. The molecule has 1 aliphatic heterocycles. The predicted octanol–water partition coefficient (Wildman–Crippen LogP) is 1.70. The van der Waals surface area contributed by atoms with Gasteiger partial charge in [-0.1, -0.05) is 5.11 Å². The van der Waals surface area contributed by atoms with E-state index in [0.29, 0.717) is 5.37 Å². The van der Waals surface area contributed by atoms with Crippen molar-refractivity contribution in [2.24, 2.45) is 5.11 Å². The van der Waals surface area contributed by atoms with E-state index in [0.717, 1.165) is 5.75 Å². The molecule has 0 spiro atoms. The molecule has 1 aliphatic rings. The second-order valence-electron chi connectivity index (χ2n) is 2.45. The van der Waals surface area contributed by atoms with Crippen molar-refractivity contribution in [2.45, 2.75) is 5.37 Å². The Labute approximate surface area is 50.0 Å². The molecule has 1 saturated heterocycles. The van der Waals surface area contributed by atoms with Gasteiger partial charge in [-0.05, 0) is 23.8 Å². The zero-order chi connectivity index (χ0) is 6.20. The Balaban J connectivity index is 2.48. The summed E-state index contributed by atoms with van der Waals surface area (Å²) in [7, 11) is -0.440.